The third-order valence-electron chi connectivity index (χ3n) is 13.5. The Morgan fingerprint density at radius 2 is 0.431 bits per heavy atom. The lowest BCUT2D eigenvalue weighted by Gasteiger charge is -2.42. The minimum Gasteiger partial charge on any atom is -0.305 e. The molecule has 0 aliphatic carbocycles. The Morgan fingerprint density at radius 1 is 0.236 bits per heavy atom. The molecule has 72 heavy (non-hydrogen) atoms. The van der Waals surface area contributed by atoms with Gasteiger partial charge in [0.1, 0.15) is 12.1 Å². The summed E-state index contributed by atoms with van der Waals surface area (Å²) in [4.78, 5) is 18.1. The molecule has 0 spiro atoms. The summed E-state index contributed by atoms with van der Waals surface area (Å²) in [5.41, 5.74) is 14.0. The van der Waals surface area contributed by atoms with Gasteiger partial charge >= 0.3 is 0 Å². The first-order chi connectivity index (χ1) is 35.7. The maximum Gasteiger partial charge on any atom is 0.101 e. The van der Waals surface area contributed by atoms with Gasteiger partial charge < -0.3 is 19.6 Å². The molecule has 0 N–H and O–H groups in total. The molecule has 0 saturated heterocycles. The maximum atomic E-state index is 11.6. The number of nitrogens with zero attached hydrogens (tertiary/aromatic N) is 6. The number of benzene rings is 10. The molecule has 0 aromatic heterocycles. The molecule has 14 rings (SSSR count). The second-order valence-electron chi connectivity index (χ2n) is 17.4. The van der Waals surface area contributed by atoms with Crippen LogP contribution in [0.5, 0.6) is 0 Å². The molecule has 10 aromatic carbocycles. The molecule has 10 aromatic rings. The van der Waals surface area contributed by atoms with Crippen molar-refractivity contribution < 1.29 is 0 Å². The van der Waals surface area contributed by atoms with Gasteiger partial charge in [-0.3, -0.25) is 0 Å². The number of fused-ring (bicyclic) bond motifs is 8. The maximum absolute atomic E-state index is 11.6. The van der Waals surface area contributed by atoms with E-state index in [4.69, 9.17) is 0 Å². The third-order valence-corrected chi connectivity index (χ3v) is 18.0. The van der Waals surface area contributed by atoms with Crippen molar-refractivity contribution in [2.45, 2.75) is 39.2 Å². The van der Waals surface area contributed by atoms with Gasteiger partial charge in [0.2, 0.25) is 0 Å². The predicted molar refractivity (Wildman–Crippen MR) is 297 cm³/mol. The van der Waals surface area contributed by atoms with Gasteiger partial charge in [-0.1, -0.05) is 156 Å². The van der Waals surface area contributed by atoms with E-state index in [0.717, 1.165) is 119 Å². The van der Waals surface area contributed by atoms with Crippen LogP contribution in [-0.4, -0.2) is 0 Å². The first-order valence-electron chi connectivity index (χ1n) is 23.5. The SMILES string of the molecule is N#Cc1ccc(-c2ccc(C#N)c(N3c4ccccc4Sc4ccccc43)c2N2c3ccccc3Sc3ccccc32)c(N2c3ccccc3Sc3ccccc32)c1N1c2ccccc2Sc2ccccc21. The highest BCUT2D eigenvalue weighted by Crippen LogP contribution is 2.64. The van der Waals surface area contributed by atoms with E-state index in [1.165, 1.54) is 0 Å². The zero-order chi connectivity index (χ0) is 47.9. The monoisotopic (exact) mass is 992 g/mol. The van der Waals surface area contributed by atoms with Crippen molar-refractivity contribution in [3.63, 3.8) is 0 Å². The molecule has 338 valence electrons. The average molecular weight is 993 g/mol. The normalized spacial score (nSPS) is 13.5. The van der Waals surface area contributed by atoms with Crippen molar-refractivity contribution in [2.24, 2.45) is 0 Å². The van der Waals surface area contributed by atoms with Gasteiger partial charge in [-0.25, -0.2) is 0 Å². The summed E-state index contributed by atoms with van der Waals surface area (Å²) in [6.07, 6.45) is 0. The summed E-state index contributed by atoms with van der Waals surface area (Å²) in [5, 5.41) is 23.2. The van der Waals surface area contributed by atoms with Crippen molar-refractivity contribution in [1.82, 2.24) is 0 Å². The quantitative estimate of drug-likeness (QED) is 0.167. The minimum atomic E-state index is 0.523. The Morgan fingerprint density at radius 3 is 0.639 bits per heavy atom. The van der Waals surface area contributed by atoms with Gasteiger partial charge in [0.15, 0.2) is 0 Å². The second-order valence-corrected chi connectivity index (χ2v) is 21.8. The van der Waals surface area contributed by atoms with Gasteiger partial charge in [-0.15, -0.1) is 0 Å². The highest BCUT2D eigenvalue weighted by molar-refractivity contribution is 8.00. The lowest BCUT2D eigenvalue weighted by atomic mass is 9.91. The lowest BCUT2D eigenvalue weighted by Crippen LogP contribution is -2.24. The Hall–Kier alpha value is -8.22. The number of hydrogen-bond donors (Lipinski definition) is 0. The zero-order valence-electron chi connectivity index (χ0n) is 38.1. The van der Waals surface area contributed by atoms with Crippen molar-refractivity contribution in [2.75, 3.05) is 19.6 Å². The van der Waals surface area contributed by atoms with Crippen LogP contribution in [0.4, 0.5) is 68.2 Å². The molecule has 0 radical (unpaired) electrons. The summed E-state index contributed by atoms with van der Waals surface area (Å²) in [6.45, 7) is 0. The highest BCUT2D eigenvalue weighted by Gasteiger charge is 2.39. The van der Waals surface area contributed by atoms with E-state index in [0.29, 0.717) is 11.1 Å². The fourth-order valence-corrected chi connectivity index (χ4v) is 14.7. The van der Waals surface area contributed by atoms with E-state index in [-0.39, 0.29) is 0 Å². The van der Waals surface area contributed by atoms with Crippen LogP contribution in [0.1, 0.15) is 11.1 Å². The average Bonchev–Trinajstić information content (AvgIpc) is 3.44. The van der Waals surface area contributed by atoms with Gasteiger partial charge in [0, 0.05) is 50.3 Å². The zero-order valence-corrected chi connectivity index (χ0v) is 41.4. The molecule has 0 saturated carbocycles. The molecule has 0 atom stereocenters. The molecule has 10 heteroatoms. The Labute approximate surface area is 434 Å². The van der Waals surface area contributed by atoms with Gasteiger partial charge in [-0.2, -0.15) is 10.5 Å². The van der Waals surface area contributed by atoms with E-state index in [2.05, 4.69) is 238 Å². The van der Waals surface area contributed by atoms with Crippen LogP contribution in [-0.2, 0) is 0 Å². The van der Waals surface area contributed by atoms with Crippen LogP contribution in [0.2, 0.25) is 0 Å². The van der Waals surface area contributed by atoms with Crippen molar-refractivity contribution in [1.29, 1.82) is 10.5 Å². The standard InChI is InChI=1S/C62H36N6S4/c63-37-39-33-35-41(61(67-47-21-5-13-29-55(47)71-56-30-14-6-22-48(56)67)59(39)65-43-17-1-9-25-51(43)69-52-26-10-2-18-44(52)65)42-36-34-40(38-64)60(66-45-19-3-11-27-53(45)70-54-28-12-4-20-46(54)66)62(42)68-49-23-7-15-31-57(49)72-58-32-16-8-24-50(58)68/h1-36H. The van der Waals surface area contributed by atoms with Crippen LogP contribution in [0, 0.1) is 22.7 Å². The summed E-state index contributed by atoms with van der Waals surface area (Å²) in [7, 11) is 0. The molecule has 0 unspecified atom stereocenters. The number of hydrogen-bond acceptors (Lipinski definition) is 10. The van der Waals surface area contributed by atoms with Crippen molar-refractivity contribution in [3.05, 3.63) is 230 Å². The molecule has 6 nitrogen and oxygen atoms in total. The van der Waals surface area contributed by atoms with E-state index in [1.54, 1.807) is 47.0 Å². The first-order valence-corrected chi connectivity index (χ1v) is 26.7. The number of anilines is 12. The summed E-state index contributed by atoms with van der Waals surface area (Å²) < 4.78 is 0. The molecule has 0 fully saturated rings. The van der Waals surface area contributed by atoms with Gasteiger partial charge in [0.05, 0.1) is 79.4 Å². The molecule has 4 aliphatic heterocycles. The summed E-state index contributed by atoms with van der Waals surface area (Å²) in [5.74, 6) is 0. The molecule has 0 amide bonds. The Balaban J connectivity index is 1.18. The molecule has 0 bridgehead atoms. The largest absolute Gasteiger partial charge is 0.305 e. The number of nitriles is 2. The fraction of sp³-hybridized carbons (Fsp3) is 0. The minimum absolute atomic E-state index is 0.523. The van der Waals surface area contributed by atoms with E-state index in [1.807, 2.05) is 12.1 Å². The van der Waals surface area contributed by atoms with Crippen molar-refractivity contribution >= 4 is 115 Å². The molecular weight excluding hydrogens is 957 g/mol. The lowest BCUT2D eigenvalue weighted by molar-refractivity contribution is 1.11. The van der Waals surface area contributed by atoms with Crippen LogP contribution < -0.4 is 19.6 Å². The number of para-hydroxylation sites is 8. The van der Waals surface area contributed by atoms with E-state index >= 15 is 0 Å². The number of rotatable bonds is 5. The van der Waals surface area contributed by atoms with E-state index in [9.17, 15) is 10.5 Å². The first kappa shape index (κ1) is 42.6. The third kappa shape index (κ3) is 6.61. The van der Waals surface area contributed by atoms with Crippen LogP contribution in [0.15, 0.2) is 258 Å². The van der Waals surface area contributed by atoms with Crippen LogP contribution in [0.25, 0.3) is 11.1 Å². The Bertz CT molecular complexity index is 3550. The predicted octanol–water partition coefficient (Wildman–Crippen LogP) is 18.8. The fourth-order valence-electron chi connectivity index (χ4n) is 10.5. The van der Waals surface area contributed by atoms with Gasteiger partial charge in [0.25, 0.3) is 0 Å². The van der Waals surface area contributed by atoms with Crippen LogP contribution >= 0.6 is 47.0 Å². The van der Waals surface area contributed by atoms with E-state index < -0.39 is 0 Å². The van der Waals surface area contributed by atoms with Crippen molar-refractivity contribution in [3.8, 4) is 23.3 Å². The van der Waals surface area contributed by atoms with Gasteiger partial charge in [-0.05, 0) is 109 Å². The molecule has 4 heterocycles. The van der Waals surface area contributed by atoms with Crippen LogP contribution in [0.3, 0.4) is 0 Å². The molecule has 4 aliphatic rings. The topological polar surface area (TPSA) is 60.5 Å². The Kier molecular flexibility index (Phi) is 10.2. The smallest absolute Gasteiger partial charge is 0.101 e. The second kappa shape index (κ2) is 17.3. The molecular formula is C62H36N6S4. The summed E-state index contributed by atoms with van der Waals surface area (Å²) in [6, 6.07) is 82.0. The highest BCUT2D eigenvalue weighted by atomic mass is 32.2. The summed E-state index contributed by atoms with van der Waals surface area (Å²) >= 11 is 7.00.